The molecule has 5 nitrogen and oxygen atoms in total. The molecule has 1 amide bonds. The van der Waals surface area contributed by atoms with Gasteiger partial charge in [-0.2, -0.15) is 0 Å². The summed E-state index contributed by atoms with van der Waals surface area (Å²) in [5, 5.41) is 2.93. The van der Waals surface area contributed by atoms with E-state index in [1.165, 1.54) is 23.5 Å². The van der Waals surface area contributed by atoms with Gasteiger partial charge in [-0.3, -0.25) is 14.6 Å². The predicted octanol–water partition coefficient (Wildman–Crippen LogP) is 4.24. The van der Waals surface area contributed by atoms with Crippen LogP contribution in [0.3, 0.4) is 0 Å². The molecule has 0 N–H and O–H groups in total. The summed E-state index contributed by atoms with van der Waals surface area (Å²) in [6, 6.07) is 9.69. The molecule has 24 heavy (non-hydrogen) atoms. The average molecular weight is 371 g/mol. The quantitative estimate of drug-likeness (QED) is 0.387. The van der Waals surface area contributed by atoms with Crippen molar-refractivity contribution in [1.29, 1.82) is 0 Å². The van der Waals surface area contributed by atoms with Crippen LogP contribution >= 0.6 is 23.5 Å². The van der Waals surface area contributed by atoms with Crippen LogP contribution in [0.5, 0.6) is 0 Å². The Morgan fingerprint density at radius 3 is 2.33 bits per heavy atom. The SMILES string of the molecule is CCOC(=O)C(C)SC(C)N(C(=O)SCC)N(C)c1ccccc1. The third-order valence-electron chi connectivity index (χ3n) is 3.27. The second-order valence-corrected chi connectivity index (χ2v) is 7.91. The minimum absolute atomic E-state index is 0.0417. The molecule has 0 fully saturated rings. The average Bonchev–Trinajstić information content (AvgIpc) is 2.56. The van der Waals surface area contributed by atoms with E-state index in [1.807, 2.05) is 56.2 Å². The second kappa shape index (κ2) is 10.5. The van der Waals surface area contributed by atoms with E-state index in [1.54, 1.807) is 18.9 Å². The summed E-state index contributed by atoms with van der Waals surface area (Å²) in [5.41, 5.74) is 0.916. The molecule has 0 radical (unpaired) electrons. The minimum atomic E-state index is -0.342. The molecule has 134 valence electrons. The largest absolute Gasteiger partial charge is 0.465 e. The number of carbonyl (C=O) groups excluding carboxylic acids is 2. The number of carbonyl (C=O) groups is 2. The molecule has 0 heterocycles. The number of ether oxygens (including phenoxy) is 1. The smallest absolute Gasteiger partial charge is 0.318 e. The summed E-state index contributed by atoms with van der Waals surface area (Å²) < 4.78 is 5.06. The van der Waals surface area contributed by atoms with Gasteiger partial charge in [0.2, 0.25) is 0 Å². The van der Waals surface area contributed by atoms with Gasteiger partial charge in [0, 0.05) is 7.05 Å². The topological polar surface area (TPSA) is 49.9 Å². The number of hydrazine groups is 1. The van der Waals surface area contributed by atoms with Crippen molar-refractivity contribution in [2.24, 2.45) is 0 Å². The molecule has 2 unspecified atom stereocenters. The number of hydrogen-bond donors (Lipinski definition) is 0. The van der Waals surface area contributed by atoms with E-state index in [0.717, 1.165) is 5.69 Å². The molecule has 0 aliphatic heterocycles. The van der Waals surface area contributed by atoms with Crippen molar-refractivity contribution in [1.82, 2.24) is 5.01 Å². The fraction of sp³-hybridized carbons (Fsp3) is 0.529. The van der Waals surface area contributed by atoms with E-state index in [2.05, 4.69) is 0 Å². The monoisotopic (exact) mass is 370 g/mol. The van der Waals surface area contributed by atoms with Gasteiger partial charge in [-0.25, -0.2) is 5.01 Å². The van der Waals surface area contributed by atoms with Gasteiger partial charge in [0.1, 0.15) is 5.25 Å². The van der Waals surface area contributed by atoms with Gasteiger partial charge in [-0.15, -0.1) is 11.8 Å². The van der Waals surface area contributed by atoms with Gasteiger partial charge in [-0.1, -0.05) is 36.9 Å². The molecule has 0 bridgehead atoms. The molecule has 1 aromatic carbocycles. The first kappa shape index (κ1) is 20.7. The van der Waals surface area contributed by atoms with Crippen LogP contribution in [0, 0.1) is 0 Å². The maximum atomic E-state index is 12.6. The molecular formula is C17H26N2O3S2. The molecule has 1 rings (SSSR count). The van der Waals surface area contributed by atoms with Gasteiger partial charge in [-0.05, 0) is 38.7 Å². The Morgan fingerprint density at radius 1 is 1.17 bits per heavy atom. The number of hydrogen-bond acceptors (Lipinski definition) is 6. The molecule has 1 aromatic rings. The van der Waals surface area contributed by atoms with Crippen LogP contribution in [0.15, 0.2) is 30.3 Å². The third-order valence-corrected chi connectivity index (χ3v) is 5.19. The van der Waals surface area contributed by atoms with Crippen molar-refractivity contribution in [3.05, 3.63) is 30.3 Å². The maximum absolute atomic E-state index is 12.6. The zero-order chi connectivity index (χ0) is 18.1. The highest BCUT2D eigenvalue weighted by Crippen LogP contribution is 2.28. The zero-order valence-electron chi connectivity index (χ0n) is 14.9. The van der Waals surface area contributed by atoms with Gasteiger partial charge >= 0.3 is 11.2 Å². The highest BCUT2D eigenvalue weighted by molar-refractivity contribution is 8.13. The molecule has 0 aliphatic rings. The summed E-state index contributed by atoms with van der Waals surface area (Å²) >= 11 is 2.66. The number of benzene rings is 1. The normalized spacial score (nSPS) is 13.0. The summed E-state index contributed by atoms with van der Waals surface area (Å²) in [7, 11) is 1.86. The lowest BCUT2D eigenvalue weighted by atomic mass is 10.3. The Kier molecular flexibility index (Phi) is 9.07. The Bertz CT molecular complexity index is 528. The Hall–Kier alpha value is -1.34. The van der Waals surface area contributed by atoms with E-state index >= 15 is 0 Å². The number of esters is 1. The first-order valence-corrected chi connectivity index (χ1v) is 9.91. The van der Waals surface area contributed by atoms with E-state index in [0.29, 0.717) is 12.4 Å². The summed E-state index contributed by atoms with van der Waals surface area (Å²) in [6.07, 6.45) is 0. The van der Waals surface area contributed by atoms with Crippen LogP contribution in [-0.4, -0.2) is 46.2 Å². The Morgan fingerprint density at radius 2 is 1.79 bits per heavy atom. The second-order valence-electron chi connectivity index (χ2n) is 5.03. The van der Waals surface area contributed by atoms with E-state index in [9.17, 15) is 9.59 Å². The first-order valence-electron chi connectivity index (χ1n) is 7.99. The van der Waals surface area contributed by atoms with Crippen molar-refractivity contribution in [2.45, 2.75) is 38.3 Å². The van der Waals surface area contributed by atoms with Crippen LogP contribution < -0.4 is 5.01 Å². The standard InChI is InChI=1S/C17H26N2O3S2/c1-6-22-16(20)13(3)24-14(4)19(17(21)23-7-2)18(5)15-11-9-8-10-12-15/h8-14H,6-7H2,1-5H3. The highest BCUT2D eigenvalue weighted by Gasteiger charge is 2.28. The molecule has 0 aliphatic carbocycles. The number of nitrogens with zero attached hydrogens (tertiary/aromatic N) is 2. The van der Waals surface area contributed by atoms with Crippen molar-refractivity contribution in [3.63, 3.8) is 0 Å². The van der Waals surface area contributed by atoms with E-state index in [4.69, 9.17) is 4.74 Å². The predicted molar refractivity (Wildman–Crippen MR) is 103 cm³/mol. The fourth-order valence-corrected chi connectivity index (χ4v) is 3.99. The third kappa shape index (κ3) is 5.94. The summed E-state index contributed by atoms with van der Waals surface area (Å²) in [5.74, 6) is 0.440. The Balaban J connectivity index is 2.92. The lowest BCUT2D eigenvalue weighted by molar-refractivity contribution is -0.142. The van der Waals surface area contributed by atoms with Crippen molar-refractivity contribution >= 4 is 40.4 Å². The molecule has 2 atom stereocenters. The van der Waals surface area contributed by atoms with E-state index in [-0.39, 0.29) is 21.8 Å². The van der Waals surface area contributed by atoms with Gasteiger partial charge in [0.15, 0.2) is 0 Å². The molecular weight excluding hydrogens is 344 g/mol. The van der Waals surface area contributed by atoms with Crippen LogP contribution in [0.1, 0.15) is 27.7 Å². The molecule has 0 spiro atoms. The number of para-hydroxylation sites is 1. The van der Waals surface area contributed by atoms with Gasteiger partial charge in [0.25, 0.3) is 0 Å². The molecule has 0 saturated heterocycles. The van der Waals surface area contributed by atoms with Gasteiger partial charge < -0.3 is 4.74 Å². The molecule has 7 heteroatoms. The number of rotatable bonds is 8. The van der Waals surface area contributed by atoms with Crippen molar-refractivity contribution < 1.29 is 14.3 Å². The Labute approximate surface area is 153 Å². The fourth-order valence-electron chi connectivity index (χ4n) is 2.14. The summed E-state index contributed by atoms with van der Waals surface area (Å²) in [6.45, 7) is 7.82. The highest BCUT2D eigenvalue weighted by atomic mass is 32.2. The van der Waals surface area contributed by atoms with Crippen molar-refractivity contribution in [2.75, 3.05) is 24.4 Å². The van der Waals surface area contributed by atoms with Crippen LogP contribution in [-0.2, 0) is 9.53 Å². The van der Waals surface area contributed by atoms with Crippen LogP contribution in [0.25, 0.3) is 0 Å². The summed E-state index contributed by atoms with van der Waals surface area (Å²) in [4.78, 5) is 24.5. The van der Waals surface area contributed by atoms with Crippen LogP contribution in [0.2, 0.25) is 0 Å². The number of thioether (sulfide) groups is 2. The molecule has 0 aromatic heterocycles. The van der Waals surface area contributed by atoms with Gasteiger partial charge in [0.05, 0.1) is 17.7 Å². The minimum Gasteiger partial charge on any atom is -0.465 e. The zero-order valence-corrected chi connectivity index (χ0v) is 16.5. The van der Waals surface area contributed by atoms with Crippen LogP contribution in [0.4, 0.5) is 10.5 Å². The number of amides is 1. The van der Waals surface area contributed by atoms with Crippen molar-refractivity contribution in [3.8, 4) is 0 Å². The number of anilines is 1. The first-order chi connectivity index (χ1) is 11.4. The molecule has 0 saturated carbocycles. The lowest BCUT2D eigenvalue weighted by Crippen LogP contribution is -2.47. The maximum Gasteiger partial charge on any atom is 0.318 e. The lowest BCUT2D eigenvalue weighted by Gasteiger charge is -2.37. The van der Waals surface area contributed by atoms with E-state index < -0.39 is 0 Å².